The number of rotatable bonds is 3. The molecular formula is C14H18BrFO. The highest BCUT2D eigenvalue weighted by atomic mass is 79.9. The zero-order valence-electron chi connectivity index (χ0n) is 9.83. The Hall–Kier alpha value is -0.410. The van der Waals surface area contributed by atoms with Crippen LogP contribution in [0.4, 0.5) is 4.39 Å². The molecule has 17 heavy (non-hydrogen) atoms. The van der Waals surface area contributed by atoms with E-state index in [0.29, 0.717) is 17.9 Å². The van der Waals surface area contributed by atoms with Gasteiger partial charge in [-0.2, -0.15) is 0 Å². The first-order valence-electron chi connectivity index (χ1n) is 6.29. The highest BCUT2D eigenvalue weighted by molar-refractivity contribution is 9.10. The average molecular weight is 301 g/mol. The van der Waals surface area contributed by atoms with Crippen LogP contribution in [0.2, 0.25) is 0 Å². The lowest BCUT2D eigenvalue weighted by Gasteiger charge is -2.26. The van der Waals surface area contributed by atoms with Crippen molar-refractivity contribution in [3.8, 4) is 0 Å². The summed E-state index contributed by atoms with van der Waals surface area (Å²) in [4.78, 5) is 0. The van der Waals surface area contributed by atoms with Crippen LogP contribution in [0.3, 0.4) is 0 Å². The summed E-state index contributed by atoms with van der Waals surface area (Å²) in [5, 5.41) is 10.1. The second-order valence-electron chi connectivity index (χ2n) is 4.91. The molecule has 1 atom stereocenters. The minimum Gasteiger partial charge on any atom is -0.392 e. The van der Waals surface area contributed by atoms with Gasteiger partial charge in [-0.05, 0) is 36.5 Å². The molecule has 1 N–H and O–H groups in total. The smallest absolute Gasteiger partial charge is 0.127 e. The standard InChI is InChI=1S/C14H18BrFO/c15-12-7-6-11(13(16)9-12)8-14(17)10-4-2-1-3-5-10/h6-7,9-10,14,17H,1-5,8H2. The zero-order valence-corrected chi connectivity index (χ0v) is 11.4. The highest BCUT2D eigenvalue weighted by Gasteiger charge is 2.22. The normalized spacial score (nSPS) is 19.2. The molecule has 0 heterocycles. The molecule has 0 amide bonds. The van der Waals surface area contributed by atoms with Crippen molar-refractivity contribution in [2.75, 3.05) is 0 Å². The fourth-order valence-electron chi connectivity index (χ4n) is 2.60. The molecular weight excluding hydrogens is 283 g/mol. The Kier molecular flexibility index (Phi) is 4.57. The summed E-state index contributed by atoms with van der Waals surface area (Å²) in [5.41, 5.74) is 0.617. The van der Waals surface area contributed by atoms with E-state index >= 15 is 0 Å². The maximum absolute atomic E-state index is 13.6. The molecule has 1 saturated carbocycles. The first-order chi connectivity index (χ1) is 8.16. The van der Waals surface area contributed by atoms with E-state index in [-0.39, 0.29) is 5.82 Å². The molecule has 2 rings (SSSR count). The molecule has 0 aliphatic heterocycles. The third kappa shape index (κ3) is 3.52. The Balaban J connectivity index is 1.99. The van der Waals surface area contributed by atoms with Gasteiger partial charge in [0.05, 0.1) is 6.10 Å². The summed E-state index contributed by atoms with van der Waals surface area (Å²) in [6.07, 6.45) is 5.87. The first kappa shape index (κ1) is 13.0. The van der Waals surface area contributed by atoms with Gasteiger partial charge in [0.25, 0.3) is 0 Å². The predicted molar refractivity (Wildman–Crippen MR) is 70.4 cm³/mol. The SMILES string of the molecule is OC(Cc1ccc(Br)cc1F)C1CCCCC1. The summed E-state index contributed by atoms with van der Waals surface area (Å²) in [7, 11) is 0. The molecule has 1 aromatic carbocycles. The summed E-state index contributed by atoms with van der Waals surface area (Å²) >= 11 is 3.24. The summed E-state index contributed by atoms with van der Waals surface area (Å²) in [5.74, 6) is 0.126. The van der Waals surface area contributed by atoms with Gasteiger partial charge in [0.1, 0.15) is 5.82 Å². The van der Waals surface area contributed by atoms with Crippen LogP contribution >= 0.6 is 15.9 Å². The van der Waals surface area contributed by atoms with E-state index in [1.807, 2.05) is 6.07 Å². The number of hydrogen-bond donors (Lipinski definition) is 1. The van der Waals surface area contributed by atoms with Gasteiger partial charge in [-0.3, -0.25) is 0 Å². The van der Waals surface area contributed by atoms with Crippen LogP contribution < -0.4 is 0 Å². The molecule has 0 bridgehead atoms. The fraction of sp³-hybridized carbons (Fsp3) is 0.571. The Morgan fingerprint density at radius 1 is 1.29 bits per heavy atom. The average Bonchev–Trinajstić information content (AvgIpc) is 2.34. The molecule has 0 saturated heterocycles. The van der Waals surface area contributed by atoms with E-state index in [0.717, 1.165) is 17.3 Å². The van der Waals surface area contributed by atoms with Crippen LogP contribution in [-0.4, -0.2) is 11.2 Å². The number of aliphatic hydroxyl groups excluding tert-OH is 1. The van der Waals surface area contributed by atoms with Crippen molar-refractivity contribution in [3.63, 3.8) is 0 Å². The van der Waals surface area contributed by atoms with E-state index in [4.69, 9.17) is 0 Å². The number of benzene rings is 1. The molecule has 1 unspecified atom stereocenters. The fourth-order valence-corrected chi connectivity index (χ4v) is 2.93. The number of halogens is 2. The molecule has 94 valence electrons. The third-order valence-electron chi connectivity index (χ3n) is 3.64. The van der Waals surface area contributed by atoms with Crippen LogP contribution in [-0.2, 0) is 6.42 Å². The number of aliphatic hydroxyl groups is 1. The van der Waals surface area contributed by atoms with Gasteiger partial charge in [-0.15, -0.1) is 0 Å². The van der Waals surface area contributed by atoms with E-state index in [2.05, 4.69) is 15.9 Å². The molecule has 1 fully saturated rings. The Morgan fingerprint density at radius 2 is 2.00 bits per heavy atom. The van der Waals surface area contributed by atoms with E-state index < -0.39 is 6.10 Å². The van der Waals surface area contributed by atoms with Crippen molar-refractivity contribution < 1.29 is 9.50 Å². The van der Waals surface area contributed by atoms with Gasteiger partial charge in [0, 0.05) is 10.9 Å². The molecule has 1 aliphatic rings. The summed E-state index contributed by atoms with van der Waals surface area (Å²) in [6.45, 7) is 0. The van der Waals surface area contributed by atoms with E-state index in [9.17, 15) is 9.50 Å². The van der Waals surface area contributed by atoms with Crippen molar-refractivity contribution in [1.82, 2.24) is 0 Å². The summed E-state index contributed by atoms with van der Waals surface area (Å²) in [6, 6.07) is 5.04. The second-order valence-corrected chi connectivity index (χ2v) is 5.82. The predicted octanol–water partition coefficient (Wildman–Crippen LogP) is 4.07. The quantitative estimate of drug-likeness (QED) is 0.892. The van der Waals surface area contributed by atoms with Gasteiger partial charge in [0.2, 0.25) is 0 Å². The van der Waals surface area contributed by atoms with Gasteiger partial charge in [0.15, 0.2) is 0 Å². The minimum absolute atomic E-state index is 0.228. The topological polar surface area (TPSA) is 20.2 Å². The van der Waals surface area contributed by atoms with Gasteiger partial charge in [-0.1, -0.05) is 41.3 Å². The van der Waals surface area contributed by atoms with Gasteiger partial charge >= 0.3 is 0 Å². The monoisotopic (exact) mass is 300 g/mol. The van der Waals surface area contributed by atoms with Gasteiger partial charge in [-0.25, -0.2) is 4.39 Å². The number of hydrogen-bond acceptors (Lipinski definition) is 1. The van der Waals surface area contributed by atoms with Crippen LogP contribution in [0.1, 0.15) is 37.7 Å². The van der Waals surface area contributed by atoms with Gasteiger partial charge < -0.3 is 5.11 Å². The lowest BCUT2D eigenvalue weighted by molar-refractivity contribution is 0.0843. The maximum Gasteiger partial charge on any atom is 0.127 e. The summed E-state index contributed by atoms with van der Waals surface area (Å²) < 4.78 is 14.4. The van der Waals surface area contributed by atoms with Crippen LogP contribution in [0.15, 0.2) is 22.7 Å². The molecule has 1 nitrogen and oxygen atoms in total. The molecule has 0 radical (unpaired) electrons. The lowest BCUT2D eigenvalue weighted by Crippen LogP contribution is -2.25. The van der Waals surface area contributed by atoms with Crippen LogP contribution in [0.5, 0.6) is 0 Å². The van der Waals surface area contributed by atoms with Crippen LogP contribution in [0, 0.1) is 11.7 Å². The molecule has 1 aliphatic carbocycles. The second kappa shape index (κ2) is 5.96. The highest BCUT2D eigenvalue weighted by Crippen LogP contribution is 2.28. The third-order valence-corrected chi connectivity index (χ3v) is 4.13. The largest absolute Gasteiger partial charge is 0.392 e. The van der Waals surface area contributed by atoms with Crippen molar-refractivity contribution >= 4 is 15.9 Å². The van der Waals surface area contributed by atoms with Crippen molar-refractivity contribution in [2.45, 2.75) is 44.6 Å². The maximum atomic E-state index is 13.6. The zero-order chi connectivity index (χ0) is 12.3. The van der Waals surface area contributed by atoms with Crippen molar-refractivity contribution in [3.05, 3.63) is 34.1 Å². The Morgan fingerprint density at radius 3 is 2.65 bits per heavy atom. The van der Waals surface area contributed by atoms with Crippen molar-refractivity contribution in [2.24, 2.45) is 5.92 Å². The molecule has 3 heteroatoms. The van der Waals surface area contributed by atoms with Crippen LogP contribution in [0.25, 0.3) is 0 Å². The van der Waals surface area contributed by atoms with E-state index in [1.54, 1.807) is 6.07 Å². The first-order valence-corrected chi connectivity index (χ1v) is 7.08. The lowest BCUT2D eigenvalue weighted by atomic mass is 9.83. The Bertz CT molecular complexity index is 374. The molecule has 0 aromatic heterocycles. The molecule has 0 spiro atoms. The minimum atomic E-state index is -0.397. The Labute approximate surface area is 110 Å². The van der Waals surface area contributed by atoms with Crippen molar-refractivity contribution in [1.29, 1.82) is 0 Å². The van der Waals surface area contributed by atoms with E-state index in [1.165, 1.54) is 25.3 Å². The molecule has 1 aromatic rings.